The number of benzene rings is 1. The van der Waals surface area contributed by atoms with Gasteiger partial charge in [0.25, 0.3) is 11.1 Å². The summed E-state index contributed by atoms with van der Waals surface area (Å²) in [6, 6.07) is 3.31. The van der Waals surface area contributed by atoms with Crippen LogP contribution in [0.25, 0.3) is 6.08 Å². The molecule has 0 aromatic heterocycles. The van der Waals surface area contributed by atoms with Crippen LogP contribution in [0.1, 0.15) is 12.5 Å². The molecule has 1 aromatic rings. The number of rotatable bonds is 7. The van der Waals surface area contributed by atoms with E-state index < -0.39 is 23.7 Å². The summed E-state index contributed by atoms with van der Waals surface area (Å²) in [4.78, 5) is 37.1. The van der Waals surface area contributed by atoms with E-state index in [0.717, 1.165) is 16.7 Å². The molecule has 9 heteroatoms. The Bertz CT molecular complexity index is 845. The lowest BCUT2D eigenvalue weighted by molar-refractivity contribution is -0.145. The van der Waals surface area contributed by atoms with Crippen LogP contribution in [0.4, 0.5) is 4.79 Å². The van der Waals surface area contributed by atoms with E-state index in [2.05, 4.69) is 21.9 Å². The summed E-state index contributed by atoms with van der Waals surface area (Å²) < 4.78 is 16.1. The minimum atomic E-state index is -0.640. The first-order valence-corrected chi connectivity index (χ1v) is 9.37. The number of imide groups is 1. The Morgan fingerprint density at radius 3 is 2.74 bits per heavy atom. The SMILES string of the molecule is C#CCOc1cc(Br)c(/C=C2/SC(=O)N(CC(=O)OCC)C2=O)cc1OC. The van der Waals surface area contributed by atoms with E-state index in [1.807, 2.05) is 0 Å². The number of methoxy groups -OCH3 is 1. The highest BCUT2D eigenvalue weighted by molar-refractivity contribution is 9.10. The van der Waals surface area contributed by atoms with E-state index in [0.29, 0.717) is 21.5 Å². The second kappa shape index (κ2) is 9.48. The Hall–Kier alpha value is -2.44. The highest BCUT2D eigenvalue weighted by Crippen LogP contribution is 2.37. The second-order valence-electron chi connectivity index (χ2n) is 5.09. The van der Waals surface area contributed by atoms with Gasteiger partial charge in [-0.05, 0) is 42.5 Å². The highest BCUT2D eigenvalue weighted by Gasteiger charge is 2.36. The Balaban J connectivity index is 2.28. The molecule has 27 heavy (non-hydrogen) atoms. The zero-order valence-electron chi connectivity index (χ0n) is 14.6. The average Bonchev–Trinajstić information content (AvgIpc) is 2.89. The molecule has 0 aliphatic carbocycles. The summed E-state index contributed by atoms with van der Waals surface area (Å²) in [5.74, 6) is 2.03. The fourth-order valence-corrected chi connectivity index (χ4v) is 3.43. The predicted molar refractivity (Wildman–Crippen MR) is 104 cm³/mol. The van der Waals surface area contributed by atoms with E-state index in [-0.39, 0.29) is 18.1 Å². The smallest absolute Gasteiger partial charge is 0.326 e. The van der Waals surface area contributed by atoms with Gasteiger partial charge in [-0.25, -0.2) is 0 Å². The van der Waals surface area contributed by atoms with Crippen molar-refractivity contribution in [2.45, 2.75) is 6.92 Å². The van der Waals surface area contributed by atoms with Crippen molar-refractivity contribution in [3.05, 3.63) is 27.1 Å². The fraction of sp³-hybridized carbons (Fsp3) is 0.278. The van der Waals surface area contributed by atoms with Gasteiger partial charge in [0.2, 0.25) is 0 Å². The minimum absolute atomic E-state index is 0.0783. The summed E-state index contributed by atoms with van der Waals surface area (Å²) in [5, 5.41) is -0.531. The molecule has 1 aliphatic heterocycles. The molecule has 0 unspecified atom stereocenters. The minimum Gasteiger partial charge on any atom is -0.493 e. The van der Waals surface area contributed by atoms with Gasteiger partial charge in [-0.2, -0.15) is 0 Å². The summed E-state index contributed by atoms with van der Waals surface area (Å²) >= 11 is 4.14. The topological polar surface area (TPSA) is 82.1 Å². The molecule has 1 heterocycles. The van der Waals surface area contributed by atoms with Crippen LogP contribution in [-0.2, 0) is 14.3 Å². The van der Waals surface area contributed by atoms with Gasteiger partial charge < -0.3 is 14.2 Å². The Labute approximate surface area is 169 Å². The van der Waals surface area contributed by atoms with Crippen molar-refractivity contribution in [2.75, 3.05) is 26.9 Å². The maximum absolute atomic E-state index is 12.4. The number of esters is 1. The number of halogens is 1. The van der Waals surface area contributed by atoms with E-state index in [9.17, 15) is 14.4 Å². The van der Waals surface area contributed by atoms with Crippen LogP contribution >= 0.6 is 27.7 Å². The van der Waals surface area contributed by atoms with Crippen molar-refractivity contribution in [3.8, 4) is 23.8 Å². The first-order chi connectivity index (χ1) is 12.9. The summed E-state index contributed by atoms with van der Waals surface area (Å²) in [7, 11) is 1.48. The van der Waals surface area contributed by atoms with Gasteiger partial charge in [-0.15, -0.1) is 6.42 Å². The zero-order valence-corrected chi connectivity index (χ0v) is 17.0. The fourth-order valence-electron chi connectivity index (χ4n) is 2.17. The number of hydrogen-bond donors (Lipinski definition) is 0. The van der Waals surface area contributed by atoms with E-state index in [1.165, 1.54) is 13.2 Å². The predicted octanol–water partition coefficient (Wildman–Crippen LogP) is 3.07. The van der Waals surface area contributed by atoms with E-state index in [4.69, 9.17) is 20.6 Å². The third kappa shape index (κ3) is 5.05. The van der Waals surface area contributed by atoms with Crippen molar-refractivity contribution < 1.29 is 28.6 Å². The van der Waals surface area contributed by atoms with Crippen molar-refractivity contribution in [1.82, 2.24) is 4.90 Å². The maximum Gasteiger partial charge on any atom is 0.326 e. The Kier molecular flexibility index (Phi) is 7.33. The third-order valence-corrected chi connectivity index (χ3v) is 4.94. The number of hydrogen-bond acceptors (Lipinski definition) is 7. The molecule has 0 bridgehead atoms. The summed E-state index contributed by atoms with van der Waals surface area (Å²) in [6.45, 7) is 1.48. The lowest BCUT2D eigenvalue weighted by Crippen LogP contribution is -2.34. The quantitative estimate of drug-likeness (QED) is 0.356. The maximum atomic E-state index is 12.4. The van der Waals surface area contributed by atoms with Crippen molar-refractivity contribution in [2.24, 2.45) is 0 Å². The van der Waals surface area contributed by atoms with Gasteiger partial charge in [0.1, 0.15) is 13.2 Å². The van der Waals surface area contributed by atoms with Crippen molar-refractivity contribution >= 4 is 50.9 Å². The molecule has 7 nitrogen and oxygen atoms in total. The molecule has 142 valence electrons. The Morgan fingerprint density at radius 2 is 2.11 bits per heavy atom. The van der Waals surface area contributed by atoms with Gasteiger partial charge in [0.05, 0.1) is 18.6 Å². The molecular formula is C18H16BrNO6S. The van der Waals surface area contributed by atoms with Gasteiger partial charge in [0, 0.05) is 4.47 Å². The number of ether oxygens (including phenoxy) is 3. The second-order valence-corrected chi connectivity index (χ2v) is 6.94. The Morgan fingerprint density at radius 1 is 1.37 bits per heavy atom. The molecule has 1 saturated heterocycles. The van der Waals surface area contributed by atoms with Crippen LogP contribution in [-0.4, -0.2) is 48.9 Å². The van der Waals surface area contributed by atoms with Crippen LogP contribution in [0.3, 0.4) is 0 Å². The van der Waals surface area contributed by atoms with Gasteiger partial charge in [0.15, 0.2) is 11.5 Å². The molecule has 0 spiro atoms. The lowest BCUT2D eigenvalue weighted by atomic mass is 10.2. The van der Waals surface area contributed by atoms with Crippen LogP contribution < -0.4 is 9.47 Å². The first-order valence-electron chi connectivity index (χ1n) is 7.76. The molecule has 0 saturated carbocycles. The number of nitrogens with zero attached hydrogens (tertiary/aromatic N) is 1. The van der Waals surface area contributed by atoms with Gasteiger partial charge in [-0.3, -0.25) is 19.3 Å². The van der Waals surface area contributed by atoms with Gasteiger partial charge >= 0.3 is 5.97 Å². The average molecular weight is 454 g/mol. The molecule has 1 aliphatic rings. The summed E-state index contributed by atoms with van der Waals surface area (Å²) in [5.41, 5.74) is 0.599. The molecule has 2 amide bonds. The number of carbonyl (C=O) groups excluding carboxylic acids is 3. The van der Waals surface area contributed by atoms with Crippen LogP contribution in [0.15, 0.2) is 21.5 Å². The highest BCUT2D eigenvalue weighted by atomic mass is 79.9. The molecule has 1 aromatic carbocycles. The number of amides is 2. The van der Waals surface area contributed by atoms with E-state index in [1.54, 1.807) is 19.1 Å². The molecule has 0 atom stereocenters. The number of terminal acetylenes is 1. The largest absolute Gasteiger partial charge is 0.493 e. The van der Waals surface area contributed by atoms with Crippen LogP contribution in [0.2, 0.25) is 0 Å². The molecule has 0 radical (unpaired) electrons. The first kappa shape index (κ1) is 20.9. The third-order valence-electron chi connectivity index (χ3n) is 3.35. The standard InChI is InChI=1S/C18H16BrNO6S/c1-4-6-26-14-9-12(19)11(7-13(14)24-3)8-15-17(22)20(18(23)27-15)10-16(21)25-5-2/h1,7-9H,5-6,10H2,2-3H3/b15-8+. The molecular weight excluding hydrogens is 438 g/mol. The van der Waals surface area contributed by atoms with Crippen LogP contribution in [0.5, 0.6) is 11.5 Å². The monoisotopic (exact) mass is 453 g/mol. The van der Waals surface area contributed by atoms with E-state index >= 15 is 0 Å². The normalized spacial score (nSPS) is 15.0. The lowest BCUT2D eigenvalue weighted by Gasteiger charge is -2.12. The molecule has 1 fully saturated rings. The van der Waals surface area contributed by atoms with Crippen molar-refractivity contribution in [3.63, 3.8) is 0 Å². The number of carbonyl (C=O) groups is 3. The summed E-state index contributed by atoms with van der Waals surface area (Å²) in [6.07, 6.45) is 6.73. The zero-order chi connectivity index (χ0) is 20.0. The van der Waals surface area contributed by atoms with Crippen molar-refractivity contribution in [1.29, 1.82) is 0 Å². The molecule has 0 N–H and O–H groups in total. The molecule has 2 rings (SSSR count). The number of thioether (sulfide) groups is 1. The van der Waals surface area contributed by atoms with Gasteiger partial charge in [-0.1, -0.05) is 21.9 Å². The van der Waals surface area contributed by atoms with Crippen LogP contribution in [0, 0.1) is 12.3 Å².